The summed E-state index contributed by atoms with van der Waals surface area (Å²) in [7, 11) is 0. The summed E-state index contributed by atoms with van der Waals surface area (Å²) in [5.74, 6) is 1.28. The fraction of sp³-hybridized carbons (Fsp3) is 0.444. The van der Waals surface area contributed by atoms with Crippen LogP contribution in [-0.4, -0.2) is 17.4 Å². The summed E-state index contributed by atoms with van der Waals surface area (Å²) >= 11 is 0. The van der Waals surface area contributed by atoms with Gasteiger partial charge in [0.2, 0.25) is 5.76 Å². The monoisotopic (exact) mass is 296 g/mol. The quantitative estimate of drug-likeness (QED) is 0.947. The summed E-state index contributed by atoms with van der Waals surface area (Å²) in [6, 6.07) is 8.74. The van der Waals surface area contributed by atoms with Gasteiger partial charge in [-0.1, -0.05) is 24.3 Å². The minimum atomic E-state index is -0.147. The number of aryl methyl sites for hydroxylation is 3. The summed E-state index contributed by atoms with van der Waals surface area (Å²) in [5.41, 5.74) is 3.96. The van der Waals surface area contributed by atoms with E-state index < -0.39 is 0 Å². The summed E-state index contributed by atoms with van der Waals surface area (Å²) in [6.45, 7) is 4.28. The number of nitrogens with one attached hydrogen (secondary N) is 1. The van der Waals surface area contributed by atoms with Crippen LogP contribution in [0.2, 0.25) is 0 Å². The van der Waals surface area contributed by atoms with Crippen molar-refractivity contribution in [3.05, 3.63) is 52.7 Å². The van der Waals surface area contributed by atoms with Gasteiger partial charge in [-0.15, -0.1) is 0 Å². The molecule has 1 aromatic carbocycles. The van der Waals surface area contributed by atoms with Crippen molar-refractivity contribution in [2.45, 2.75) is 38.5 Å². The molecule has 2 aliphatic rings. The number of carbonyl (C=O) groups is 1. The molecule has 1 N–H and O–H groups in total. The lowest BCUT2D eigenvalue weighted by molar-refractivity contribution is 0.0921. The van der Waals surface area contributed by atoms with Crippen molar-refractivity contribution >= 4 is 5.91 Å². The third kappa shape index (κ3) is 1.97. The van der Waals surface area contributed by atoms with Gasteiger partial charge >= 0.3 is 0 Å². The second-order valence-electron chi connectivity index (χ2n) is 6.57. The average molecular weight is 296 g/mol. The minimum absolute atomic E-state index is 0.147. The average Bonchev–Trinajstić information content (AvgIpc) is 2.93. The highest BCUT2D eigenvalue weighted by molar-refractivity contribution is 5.92. The lowest BCUT2D eigenvalue weighted by Gasteiger charge is -2.11. The molecule has 22 heavy (non-hydrogen) atoms. The van der Waals surface area contributed by atoms with Crippen LogP contribution >= 0.6 is 0 Å². The highest BCUT2D eigenvalue weighted by atomic mass is 16.4. The fourth-order valence-corrected chi connectivity index (χ4v) is 4.04. The van der Waals surface area contributed by atoms with Crippen molar-refractivity contribution in [1.29, 1.82) is 0 Å². The van der Waals surface area contributed by atoms with Gasteiger partial charge in [0, 0.05) is 18.9 Å². The van der Waals surface area contributed by atoms with Crippen molar-refractivity contribution in [1.82, 2.24) is 10.3 Å². The molecule has 1 saturated carbocycles. The van der Waals surface area contributed by atoms with Crippen molar-refractivity contribution < 1.29 is 9.21 Å². The molecule has 0 bridgehead atoms. The van der Waals surface area contributed by atoms with E-state index in [1.807, 2.05) is 0 Å². The molecule has 2 atom stereocenters. The fourth-order valence-electron chi connectivity index (χ4n) is 4.04. The van der Waals surface area contributed by atoms with Crippen molar-refractivity contribution in [2.24, 2.45) is 5.92 Å². The molecule has 4 nitrogen and oxygen atoms in total. The number of amides is 1. The molecule has 4 rings (SSSR count). The van der Waals surface area contributed by atoms with E-state index in [4.69, 9.17) is 4.42 Å². The SMILES string of the molecule is Cc1nc(C)c(C(=O)NC[C@H]2C[C@]23CCc2ccccc23)o1. The molecular weight excluding hydrogens is 276 g/mol. The van der Waals surface area contributed by atoms with Gasteiger partial charge in [0.05, 0.1) is 5.69 Å². The number of oxazole rings is 1. The highest BCUT2D eigenvalue weighted by Gasteiger charge is 2.57. The van der Waals surface area contributed by atoms with Crippen molar-refractivity contribution in [3.63, 3.8) is 0 Å². The molecule has 0 unspecified atom stereocenters. The Morgan fingerprint density at radius 3 is 3.00 bits per heavy atom. The Labute approximate surface area is 129 Å². The van der Waals surface area contributed by atoms with Crippen molar-refractivity contribution in [3.8, 4) is 0 Å². The standard InChI is InChI=1S/C18H20N2O2/c1-11-16(22-12(2)20-11)17(21)19-10-14-9-18(14)8-7-13-5-3-4-6-15(13)18/h3-6,14H,7-10H2,1-2H3,(H,19,21)/t14-,18-/m1/s1. The zero-order chi connectivity index (χ0) is 15.3. The zero-order valence-electron chi connectivity index (χ0n) is 13.0. The van der Waals surface area contributed by atoms with E-state index >= 15 is 0 Å². The smallest absolute Gasteiger partial charge is 0.289 e. The van der Waals surface area contributed by atoms with Crippen LogP contribution in [0.5, 0.6) is 0 Å². The van der Waals surface area contributed by atoms with Gasteiger partial charge in [-0.25, -0.2) is 4.98 Å². The van der Waals surface area contributed by atoms with Crippen LogP contribution in [0.4, 0.5) is 0 Å². The molecule has 4 heteroatoms. The topological polar surface area (TPSA) is 55.1 Å². The first-order valence-electron chi connectivity index (χ1n) is 7.91. The van der Waals surface area contributed by atoms with Crippen LogP contribution in [0.15, 0.2) is 28.7 Å². The molecule has 114 valence electrons. The van der Waals surface area contributed by atoms with Gasteiger partial charge in [-0.3, -0.25) is 4.79 Å². The molecule has 1 heterocycles. The lowest BCUT2D eigenvalue weighted by atomic mass is 9.95. The van der Waals surface area contributed by atoms with E-state index in [1.165, 1.54) is 30.4 Å². The summed E-state index contributed by atoms with van der Waals surface area (Å²) in [5, 5.41) is 3.02. The van der Waals surface area contributed by atoms with Crippen LogP contribution < -0.4 is 5.32 Å². The van der Waals surface area contributed by atoms with E-state index in [9.17, 15) is 4.79 Å². The number of benzene rings is 1. The third-order valence-electron chi connectivity index (χ3n) is 5.24. The molecule has 1 aromatic heterocycles. The van der Waals surface area contributed by atoms with Crippen LogP contribution in [0.3, 0.4) is 0 Å². The molecule has 1 fully saturated rings. The zero-order valence-corrected chi connectivity index (χ0v) is 13.0. The Hall–Kier alpha value is -2.10. The van der Waals surface area contributed by atoms with Crippen LogP contribution in [0.25, 0.3) is 0 Å². The molecule has 0 aliphatic heterocycles. The Balaban J connectivity index is 1.43. The largest absolute Gasteiger partial charge is 0.436 e. The number of aromatic nitrogens is 1. The van der Waals surface area contributed by atoms with Gasteiger partial charge in [-0.2, -0.15) is 0 Å². The van der Waals surface area contributed by atoms with Gasteiger partial charge in [0.15, 0.2) is 5.89 Å². The molecule has 2 aliphatic carbocycles. The number of nitrogens with zero attached hydrogens (tertiary/aromatic N) is 1. The molecule has 0 radical (unpaired) electrons. The van der Waals surface area contributed by atoms with Gasteiger partial charge in [0.1, 0.15) is 0 Å². The van der Waals surface area contributed by atoms with Crippen molar-refractivity contribution in [2.75, 3.05) is 6.54 Å². The Morgan fingerprint density at radius 2 is 2.23 bits per heavy atom. The maximum absolute atomic E-state index is 12.2. The lowest BCUT2D eigenvalue weighted by Crippen LogP contribution is -2.27. The molecule has 1 amide bonds. The number of rotatable bonds is 3. The molecular formula is C18H20N2O2. The first-order chi connectivity index (χ1) is 10.6. The summed E-state index contributed by atoms with van der Waals surface area (Å²) < 4.78 is 5.38. The normalized spacial score (nSPS) is 25.3. The number of hydrogen-bond donors (Lipinski definition) is 1. The first kappa shape index (κ1) is 13.6. The highest BCUT2D eigenvalue weighted by Crippen LogP contribution is 2.61. The predicted octanol–water partition coefficient (Wildman–Crippen LogP) is 2.93. The van der Waals surface area contributed by atoms with E-state index in [1.54, 1.807) is 13.8 Å². The Bertz CT molecular complexity index is 749. The van der Waals surface area contributed by atoms with E-state index in [0.29, 0.717) is 35.2 Å². The van der Waals surface area contributed by atoms with Crippen LogP contribution in [0, 0.1) is 19.8 Å². The van der Waals surface area contributed by atoms with Crippen LogP contribution in [-0.2, 0) is 11.8 Å². The predicted molar refractivity (Wildman–Crippen MR) is 82.9 cm³/mol. The second kappa shape index (κ2) is 4.70. The van der Waals surface area contributed by atoms with E-state index in [2.05, 4.69) is 34.6 Å². The maximum atomic E-state index is 12.2. The molecule has 1 spiro atoms. The summed E-state index contributed by atoms with van der Waals surface area (Å²) in [6.07, 6.45) is 3.56. The minimum Gasteiger partial charge on any atom is -0.436 e. The third-order valence-corrected chi connectivity index (χ3v) is 5.24. The van der Waals surface area contributed by atoms with Gasteiger partial charge in [-0.05, 0) is 43.2 Å². The number of fused-ring (bicyclic) bond motifs is 2. The first-order valence-corrected chi connectivity index (χ1v) is 7.91. The number of hydrogen-bond acceptors (Lipinski definition) is 3. The molecule has 2 aromatic rings. The van der Waals surface area contributed by atoms with Gasteiger partial charge < -0.3 is 9.73 Å². The number of carbonyl (C=O) groups excluding carboxylic acids is 1. The van der Waals surface area contributed by atoms with E-state index in [-0.39, 0.29) is 5.91 Å². The Kier molecular flexibility index (Phi) is 2.90. The maximum Gasteiger partial charge on any atom is 0.289 e. The summed E-state index contributed by atoms with van der Waals surface area (Å²) in [4.78, 5) is 16.4. The molecule has 0 saturated heterocycles. The van der Waals surface area contributed by atoms with Crippen LogP contribution in [0.1, 0.15) is 46.1 Å². The second-order valence-corrected chi connectivity index (χ2v) is 6.57. The Morgan fingerprint density at radius 1 is 1.41 bits per heavy atom. The van der Waals surface area contributed by atoms with Gasteiger partial charge in [0.25, 0.3) is 5.91 Å². The van der Waals surface area contributed by atoms with E-state index in [0.717, 1.165) is 0 Å².